The molecule has 3 rings (SSSR count). The quantitative estimate of drug-likeness (QED) is 0.552. The molecule has 0 bridgehead atoms. The summed E-state index contributed by atoms with van der Waals surface area (Å²) in [5.74, 6) is 0.0524. The molecule has 0 radical (unpaired) electrons. The first kappa shape index (κ1) is 18.1. The van der Waals surface area contributed by atoms with E-state index < -0.39 is 20.0 Å². The molecule has 4 N–H and O–H groups in total. The number of H-pyrrole nitrogens is 1. The molecule has 1 aromatic heterocycles. The number of rotatable bonds is 5. The summed E-state index contributed by atoms with van der Waals surface area (Å²) in [6.07, 6.45) is 0. The van der Waals surface area contributed by atoms with Gasteiger partial charge in [0, 0.05) is 0 Å². The van der Waals surface area contributed by atoms with Gasteiger partial charge in [-0.05, 0) is 41.6 Å². The Balaban J connectivity index is 2.23. The average molecular weight is 394 g/mol. The van der Waals surface area contributed by atoms with Crippen molar-refractivity contribution in [2.45, 2.75) is 9.79 Å². The monoisotopic (exact) mass is 394 g/mol. The summed E-state index contributed by atoms with van der Waals surface area (Å²) in [5, 5.41) is 18.7. The number of nitrogens with two attached hydrogens (primary N) is 1. The Morgan fingerprint density at radius 1 is 1.04 bits per heavy atom. The van der Waals surface area contributed by atoms with E-state index in [4.69, 9.17) is 5.14 Å². The van der Waals surface area contributed by atoms with Gasteiger partial charge in [-0.15, -0.1) is 10.2 Å². The fourth-order valence-corrected chi connectivity index (χ4v) is 3.92. The lowest BCUT2D eigenvalue weighted by atomic mass is 9.99. The first-order valence-corrected chi connectivity index (χ1v) is 10.2. The molecule has 2 aromatic carbocycles. The number of nitrogens with zero attached hydrogens (tertiary/aromatic N) is 3. The maximum absolute atomic E-state index is 12.0. The number of primary sulfonamides is 1. The third-order valence-electron chi connectivity index (χ3n) is 3.65. The molecular weight excluding hydrogens is 380 g/mol. The van der Waals surface area contributed by atoms with Crippen LogP contribution in [0.5, 0.6) is 0 Å². The largest absolute Gasteiger partial charge is 0.240 e. The lowest BCUT2D eigenvalue weighted by Gasteiger charge is -2.12. The van der Waals surface area contributed by atoms with Gasteiger partial charge in [0.25, 0.3) is 0 Å². The van der Waals surface area contributed by atoms with Crippen LogP contribution in [0.25, 0.3) is 22.5 Å². The molecular formula is C14H14N6O4S2. The van der Waals surface area contributed by atoms with Crippen molar-refractivity contribution < 1.29 is 16.8 Å². The summed E-state index contributed by atoms with van der Waals surface area (Å²) < 4.78 is 49.8. The van der Waals surface area contributed by atoms with E-state index in [1.807, 2.05) is 0 Å². The van der Waals surface area contributed by atoms with Gasteiger partial charge in [0.2, 0.25) is 25.9 Å². The van der Waals surface area contributed by atoms with Crippen LogP contribution in [0.1, 0.15) is 0 Å². The zero-order chi connectivity index (χ0) is 18.9. The fourth-order valence-electron chi connectivity index (χ4n) is 2.44. The number of benzene rings is 2. The van der Waals surface area contributed by atoms with Gasteiger partial charge in [0.05, 0.1) is 15.4 Å². The van der Waals surface area contributed by atoms with Gasteiger partial charge in [-0.25, -0.2) is 26.7 Å². The van der Waals surface area contributed by atoms with Gasteiger partial charge in [0.1, 0.15) is 0 Å². The summed E-state index contributed by atoms with van der Waals surface area (Å²) in [6.45, 7) is 0. The minimum absolute atomic E-state index is 0.0524. The second-order valence-electron chi connectivity index (χ2n) is 5.19. The van der Waals surface area contributed by atoms with Crippen molar-refractivity contribution in [2.24, 2.45) is 5.14 Å². The van der Waals surface area contributed by atoms with E-state index >= 15 is 0 Å². The molecule has 12 heteroatoms. The van der Waals surface area contributed by atoms with Crippen LogP contribution < -0.4 is 9.86 Å². The smallest absolute Gasteiger partial charge is 0.225 e. The van der Waals surface area contributed by atoms with Gasteiger partial charge < -0.3 is 0 Å². The Hall–Kier alpha value is -2.67. The lowest BCUT2D eigenvalue weighted by molar-refractivity contribution is 0.588. The number of sulfonamides is 2. The number of aromatic amines is 1. The molecule has 0 spiro atoms. The van der Waals surface area contributed by atoms with E-state index in [2.05, 4.69) is 25.3 Å². The standard InChI is InChI=1S/C14H14N6O4S2/c1-16-26(23,24)10-7-5-9(6-8-10)11-3-2-4-12(25(15,21)22)13(11)14-17-19-20-18-14/h2-8,16H,1H3,(H2,15,21,22)(H,17,18,19,20). The summed E-state index contributed by atoms with van der Waals surface area (Å²) in [5.41, 5.74) is 1.20. The van der Waals surface area contributed by atoms with Crippen LogP contribution in [0.2, 0.25) is 0 Å². The fraction of sp³-hybridized carbons (Fsp3) is 0.0714. The van der Waals surface area contributed by atoms with Crippen molar-refractivity contribution in [3.63, 3.8) is 0 Å². The highest BCUT2D eigenvalue weighted by atomic mass is 32.2. The average Bonchev–Trinajstić information content (AvgIpc) is 3.15. The van der Waals surface area contributed by atoms with E-state index in [0.717, 1.165) is 0 Å². The maximum Gasteiger partial charge on any atom is 0.240 e. The van der Waals surface area contributed by atoms with Gasteiger partial charge in [0.15, 0.2) is 0 Å². The molecule has 0 unspecified atom stereocenters. The topological polar surface area (TPSA) is 161 Å². The minimum atomic E-state index is -4.05. The summed E-state index contributed by atoms with van der Waals surface area (Å²) in [7, 11) is -6.33. The molecule has 0 saturated carbocycles. The molecule has 0 saturated heterocycles. The number of aromatic nitrogens is 4. The molecule has 0 fully saturated rings. The number of nitrogens with one attached hydrogen (secondary N) is 2. The Kier molecular flexibility index (Phi) is 4.58. The van der Waals surface area contributed by atoms with Crippen molar-refractivity contribution in [3.05, 3.63) is 42.5 Å². The van der Waals surface area contributed by atoms with Crippen LogP contribution in [0.4, 0.5) is 0 Å². The van der Waals surface area contributed by atoms with E-state index in [9.17, 15) is 16.8 Å². The second-order valence-corrected chi connectivity index (χ2v) is 8.61. The highest BCUT2D eigenvalue weighted by Gasteiger charge is 2.22. The number of hydrogen-bond donors (Lipinski definition) is 3. The summed E-state index contributed by atoms with van der Waals surface area (Å²) in [6, 6.07) is 10.4. The van der Waals surface area contributed by atoms with Gasteiger partial charge in [-0.1, -0.05) is 24.3 Å². The maximum atomic E-state index is 12.0. The van der Waals surface area contributed by atoms with Gasteiger partial charge in [-0.3, -0.25) is 0 Å². The molecule has 0 amide bonds. The number of hydrogen-bond acceptors (Lipinski definition) is 7. The van der Waals surface area contributed by atoms with E-state index in [-0.39, 0.29) is 21.2 Å². The Labute approximate surface area is 149 Å². The normalized spacial score (nSPS) is 12.2. The van der Waals surface area contributed by atoms with E-state index in [1.54, 1.807) is 18.2 Å². The molecule has 0 aliphatic heterocycles. The first-order valence-electron chi connectivity index (χ1n) is 7.17. The molecule has 0 atom stereocenters. The van der Waals surface area contributed by atoms with E-state index in [0.29, 0.717) is 11.1 Å². The molecule has 0 aliphatic rings. The first-order chi connectivity index (χ1) is 12.2. The zero-order valence-corrected chi connectivity index (χ0v) is 15.0. The summed E-state index contributed by atoms with van der Waals surface area (Å²) >= 11 is 0. The van der Waals surface area contributed by atoms with Crippen LogP contribution in [0.15, 0.2) is 52.3 Å². The van der Waals surface area contributed by atoms with Crippen molar-refractivity contribution in [3.8, 4) is 22.5 Å². The van der Waals surface area contributed by atoms with Crippen LogP contribution in [-0.4, -0.2) is 44.5 Å². The third kappa shape index (κ3) is 3.35. The predicted octanol–water partition coefficient (Wildman–Crippen LogP) is 0.0892. The SMILES string of the molecule is CNS(=O)(=O)c1ccc(-c2cccc(S(N)(=O)=O)c2-c2nn[nH]n2)cc1. The highest BCUT2D eigenvalue weighted by molar-refractivity contribution is 7.89. The molecule has 0 aliphatic carbocycles. The van der Waals surface area contributed by atoms with Crippen LogP contribution in [0, 0.1) is 0 Å². The van der Waals surface area contributed by atoms with Crippen LogP contribution in [-0.2, 0) is 20.0 Å². The van der Waals surface area contributed by atoms with Crippen molar-refractivity contribution in [1.82, 2.24) is 25.3 Å². The zero-order valence-electron chi connectivity index (χ0n) is 13.4. The predicted molar refractivity (Wildman–Crippen MR) is 92.7 cm³/mol. The van der Waals surface area contributed by atoms with E-state index in [1.165, 1.54) is 31.3 Å². The molecule has 26 heavy (non-hydrogen) atoms. The van der Waals surface area contributed by atoms with Crippen LogP contribution >= 0.6 is 0 Å². The summed E-state index contributed by atoms with van der Waals surface area (Å²) in [4.78, 5) is -0.0872. The van der Waals surface area contributed by atoms with Crippen molar-refractivity contribution in [1.29, 1.82) is 0 Å². The van der Waals surface area contributed by atoms with Gasteiger partial charge in [-0.2, -0.15) is 5.21 Å². The molecule has 136 valence electrons. The third-order valence-corrected chi connectivity index (χ3v) is 6.03. The van der Waals surface area contributed by atoms with Crippen molar-refractivity contribution in [2.75, 3.05) is 7.05 Å². The van der Waals surface area contributed by atoms with Gasteiger partial charge >= 0.3 is 0 Å². The van der Waals surface area contributed by atoms with Crippen molar-refractivity contribution >= 4 is 20.0 Å². The highest BCUT2D eigenvalue weighted by Crippen LogP contribution is 2.35. The van der Waals surface area contributed by atoms with Crippen LogP contribution in [0.3, 0.4) is 0 Å². The lowest BCUT2D eigenvalue weighted by Crippen LogP contribution is -2.18. The second kappa shape index (κ2) is 6.57. The minimum Gasteiger partial charge on any atom is -0.225 e. The molecule has 10 nitrogen and oxygen atoms in total. The Morgan fingerprint density at radius 3 is 2.27 bits per heavy atom. The number of tetrazole rings is 1. The molecule has 3 aromatic rings. The Morgan fingerprint density at radius 2 is 1.73 bits per heavy atom. The molecule has 1 heterocycles. The Bertz CT molecular complexity index is 1140.